The summed E-state index contributed by atoms with van der Waals surface area (Å²) in [6.07, 6.45) is 33.1. The lowest BCUT2D eigenvalue weighted by molar-refractivity contribution is -0.132. The molecule has 6 heteroatoms. The second-order valence-corrected chi connectivity index (χ2v) is 13.6. The van der Waals surface area contributed by atoms with Gasteiger partial charge in [0.25, 0.3) is 0 Å². The van der Waals surface area contributed by atoms with E-state index in [0.717, 1.165) is 38.5 Å². The molecule has 0 aromatic carbocycles. The summed E-state index contributed by atoms with van der Waals surface area (Å²) in [4.78, 5) is 12.4. The number of rotatable bonds is 35. The zero-order chi connectivity index (χ0) is 32.5. The fraction of sp³-hybridized carbons (Fsp3) is 0.974. The Bertz CT molecular complexity index is 590. The molecule has 0 aromatic heterocycles. The van der Waals surface area contributed by atoms with E-state index in [9.17, 15) is 25.2 Å². The van der Waals surface area contributed by atoms with Gasteiger partial charge in [-0.2, -0.15) is 0 Å². The van der Waals surface area contributed by atoms with Gasteiger partial charge in [0.05, 0.1) is 18.8 Å². The monoisotopic (exact) mass is 628 g/mol. The zero-order valence-electron chi connectivity index (χ0n) is 29.4. The third-order valence-electron chi connectivity index (χ3n) is 9.32. The third-order valence-corrected chi connectivity index (χ3v) is 9.32. The molecule has 0 rings (SSSR count). The molecule has 0 fully saturated rings. The number of amides is 1. The Morgan fingerprint density at radius 1 is 0.477 bits per heavy atom. The summed E-state index contributed by atoms with van der Waals surface area (Å²) in [5.74, 6) is -0.585. The first-order chi connectivity index (χ1) is 21.5. The fourth-order valence-electron chi connectivity index (χ4n) is 6.17. The van der Waals surface area contributed by atoms with Gasteiger partial charge >= 0.3 is 0 Å². The smallest absolute Gasteiger partial charge is 0.249 e. The first kappa shape index (κ1) is 43.3. The average Bonchev–Trinajstić information content (AvgIpc) is 3.03. The van der Waals surface area contributed by atoms with Crippen LogP contribution >= 0.6 is 0 Å². The minimum Gasteiger partial charge on any atom is -0.394 e. The van der Waals surface area contributed by atoms with Gasteiger partial charge in [-0.1, -0.05) is 194 Å². The van der Waals surface area contributed by atoms with E-state index in [1.165, 1.54) is 141 Å². The van der Waals surface area contributed by atoms with E-state index in [1.807, 2.05) is 0 Å². The first-order valence-electron chi connectivity index (χ1n) is 19.4. The lowest BCUT2D eigenvalue weighted by Crippen LogP contribution is -2.53. The van der Waals surface area contributed by atoms with Crippen LogP contribution in [0.25, 0.3) is 0 Å². The van der Waals surface area contributed by atoms with E-state index in [1.54, 1.807) is 0 Å². The number of aliphatic hydroxyl groups is 4. The van der Waals surface area contributed by atoms with Crippen LogP contribution in [-0.2, 0) is 4.79 Å². The maximum absolute atomic E-state index is 12.4. The summed E-state index contributed by atoms with van der Waals surface area (Å²) >= 11 is 0. The van der Waals surface area contributed by atoms with Crippen molar-refractivity contribution in [1.82, 2.24) is 5.32 Å². The molecule has 0 heterocycles. The molecule has 0 aliphatic rings. The fourth-order valence-corrected chi connectivity index (χ4v) is 6.17. The summed E-state index contributed by atoms with van der Waals surface area (Å²) < 4.78 is 0. The van der Waals surface area contributed by atoms with Crippen molar-refractivity contribution in [3.8, 4) is 0 Å². The van der Waals surface area contributed by atoms with Crippen molar-refractivity contribution in [2.24, 2.45) is 0 Å². The van der Waals surface area contributed by atoms with Crippen molar-refractivity contribution in [3.05, 3.63) is 0 Å². The van der Waals surface area contributed by atoms with Gasteiger partial charge in [0.2, 0.25) is 5.91 Å². The van der Waals surface area contributed by atoms with Crippen molar-refractivity contribution >= 4 is 5.91 Å². The Morgan fingerprint density at radius 3 is 1.09 bits per heavy atom. The van der Waals surface area contributed by atoms with E-state index in [-0.39, 0.29) is 0 Å². The summed E-state index contributed by atoms with van der Waals surface area (Å²) in [6, 6.07) is -0.975. The maximum atomic E-state index is 12.4. The second-order valence-electron chi connectivity index (χ2n) is 13.6. The summed E-state index contributed by atoms with van der Waals surface area (Å²) in [5, 5.41) is 43.1. The van der Waals surface area contributed by atoms with Gasteiger partial charge in [0, 0.05) is 0 Å². The molecule has 4 unspecified atom stereocenters. The van der Waals surface area contributed by atoms with Crippen molar-refractivity contribution < 1.29 is 25.2 Å². The van der Waals surface area contributed by atoms with Gasteiger partial charge in [-0.05, 0) is 12.8 Å². The van der Waals surface area contributed by atoms with Crippen molar-refractivity contribution in [1.29, 1.82) is 0 Å². The highest BCUT2D eigenvalue weighted by Crippen LogP contribution is 2.16. The average molecular weight is 628 g/mol. The summed E-state index contributed by atoms with van der Waals surface area (Å²) in [7, 11) is 0. The predicted octanol–water partition coefficient (Wildman–Crippen LogP) is 9.29. The molecule has 0 saturated carbocycles. The molecule has 5 N–H and O–H groups in total. The molecule has 6 nitrogen and oxygen atoms in total. The van der Waals surface area contributed by atoms with Gasteiger partial charge in [-0.15, -0.1) is 0 Å². The molecule has 0 spiro atoms. The minimum absolute atomic E-state index is 0.375. The highest BCUT2D eigenvalue weighted by atomic mass is 16.3. The molecule has 0 aliphatic heterocycles. The molecule has 0 bridgehead atoms. The predicted molar refractivity (Wildman–Crippen MR) is 187 cm³/mol. The molecule has 44 heavy (non-hydrogen) atoms. The number of carbonyl (C=O) groups is 1. The molecule has 0 radical (unpaired) electrons. The minimum atomic E-state index is -1.25. The van der Waals surface area contributed by atoms with Crippen molar-refractivity contribution in [2.75, 3.05) is 6.61 Å². The molecule has 0 aliphatic carbocycles. The van der Waals surface area contributed by atoms with Crippen LogP contribution in [-0.4, -0.2) is 57.3 Å². The number of carbonyl (C=O) groups excluding carboxylic acids is 1. The summed E-state index contributed by atoms with van der Waals surface area (Å²) in [5.41, 5.74) is 0. The second kappa shape index (κ2) is 33.7. The van der Waals surface area contributed by atoms with E-state index in [0.29, 0.717) is 12.8 Å². The standard InChI is InChI=1S/C38H77NO5/c1-3-5-7-9-11-12-13-14-15-16-17-18-19-20-21-22-23-24-25-26-28-30-32-36(42)38(44)39-34(33-40)37(43)35(41)31-29-27-10-8-6-4-2/h34-37,40-43H,3-33H2,1-2H3,(H,39,44). The Balaban J connectivity index is 3.60. The number of unbranched alkanes of at least 4 members (excludes halogenated alkanes) is 26. The molecule has 264 valence electrons. The van der Waals surface area contributed by atoms with Crippen molar-refractivity contribution in [2.45, 2.75) is 231 Å². The van der Waals surface area contributed by atoms with Gasteiger partial charge in [0.15, 0.2) is 0 Å². The maximum Gasteiger partial charge on any atom is 0.249 e. The Morgan fingerprint density at radius 2 is 0.773 bits per heavy atom. The van der Waals surface area contributed by atoms with Crippen molar-refractivity contribution in [3.63, 3.8) is 0 Å². The van der Waals surface area contributed by atoms with Gasteiger partial charge in [0.1, 0.15) is 12.2 Å². The SMILES string of the molecule is CCCCCCCCCCCCCCCCCCCCCCCCC(O)C(=O)NC(CO)C(O)C(O)CCCCCCCC. The Labute approximate surface area is 273 Å². The van der Waals surface area contributed by atoms with E-state index >= 15 is 0 Å². The number of aliphatic hydroxyl groups excluding tert-OH is 4. The lowest BCUT2D eigenvalue weighted by atomic mass is 9.99. The van der Waals surface area contributed by atoms with E-state index in [4.69, 9.17) is 0 Å². The summed E-state index contributed by atoms with van der Waals surface area (Å²) in [6.45, 7) is 3.97. The van der Waals surface area contributed by atoms with Crippen LogP contribution in [0.5, 0.6) is 0 Å². The Kier molecular flexibility index (Phi) is 33.1. The topological polar surface area (TPSA) is 110 Å². The van der Waals surface area contributed by atoms with Crippen LogP contribution in [0.4, 0.5) is 0 Å². The van der Waals surface area contributed by atoms with E-state index in [2.05, 4.69) is 19.2 Å². The highest BCUT2D eigenvalue weighted by Gasteiger charge is 2.28. The lowest BCUT2D eigenvalue weighted by Gasteiger charge is -2.27. The van der Waals surface area contributed by atoms with Crippen LogP contribution < -0.4 is 5.32 Å². The van der Waals surface area contributed by atoms with Crippen LogP contribution in [0, 0.1) is 0 Å². The van der Waals surface area contributed by atoms with Crippen LogP contribution in [0.1, 0.15) is 206 Å². The normalized spacial score (nSPS) is 14.4. The van der Waals surface area contributed by atoms with Gasteiger partial charge < -0.3 is 25.7 Å². The highest BCUT2D eigenvalue weighted by molar-refractivity contribution is 5.80. The Hall–Kier alpha value is -0.690. The van der Waals surface area contributed by atoms with E-state index < -0.39 is 36.9 Å². The van der Waals surface area contributed by atoms with Crippen LogP contribution in [0.15, 0.2) is 0 Å². The molecular weight excluding hydrogens is 550 g/mol. The largest absolute Gasteiger partial charge is 0.394 e. The van der Waals surface area contributed by atoms with Gasteiger partial charge in [-0.25, -0.2) is 0 Å². The molecular formula is C38H77NO5. The van der Waals surface area contributed by atoms with Gasteiger partial charge in [-0.3, -0.25) is 4.79 Å². The number of hydrogen-bond acceptors (Lipinski definition) is 5. The quantitative estimate of drug-likeness (QED) is 0.0450. The molecule has 0 saturated heterocycles. The zero-order valence-corrected chi connectivity index (χ0v) is 29.4. The molecule has 0 aromatic rings. The molecule has 1 amide bonds. The number of nitrogens with one attached hydrogen (secondary N) is 1. The first-order valence-corrected chi connectivity index (χ1v) is 19.4. The number of hydrogen-bond donors (Lipinski definition) is 5. The van der Waals surface area contributed by atoms with Crippen LogP contribution in [0.3, 0.4) is 0 Å². The van der Waals surface area contributed by atoms with Crippen LogP contribution in [0.2, 0.25) is 0 Å². The third kappa shape index (κ3) is 27.6. The molecule has 4 atom stereocenters.